The second-order valence-electron chi connectivity index (χ2n) is 6.97. The number of thiophene rings is 1. The van der Waals surface area contributed by atoms with Crippen LogP contribution in [-0.2, 0) is 13.2 Å². The van der Waals surface area contributed by atoms with E-state index in [1.807, 2.05) is 70.7 Å². The van der Waals surface area contributed by atoms with Crippen molar-refractivity contribution >= 4 is 28.6 Å². The monoisotopic (exact) mass is 450 g/mol. The molecule has 2 aromatic carbocycles. The summed E-state index contributed by atoms with van der Waals surface area (Å²) in [6.07, 6.45) is 0. The summed E-state index contributed by atoms with van der Waals surface area (Å²) in [5.74, 6) is 1.20. The molecule has 0 atom stereocenters. The van der Waals surface area contributed by atoms with Gasteiger partial charge in [0, 0.05) is 29.9 Å². The molecule has 0 saturated heterocycles. The number of benzene rings is 2. The van der Waals surface area contributed by atoms with Crippen LogP contribution in [0.25, 0.3) is 10.6 Å². The van der Waals surface area contributed by atoms with Crippen molar-refractivity contribution in [3.05, 3.63) is 87.6 Å². The Bertz CT molecular complexity index is 1140. The summed E-state index contributed by atoms with van der Waals surface area (Å²) in [7, 11) is 3.39. The molecule has 0 saturated carbocycles. The number of hydrogen-bond donors (Lipinski definition) is 0. The molecule has 0 spiro atoms. The lowest BCUT2D eigenvalue weighted by Gasteiger charge is -2.18. The molecule has 0 fully saturated rings. The number of nitrogens with zero attached hydrogens (tertiary/aromatic N) is 2. The molecule has 31 heavy (non-hydrogen) atoms. The van der Waals surface area contributed by atoms with Gasteiger partial charge in [0.1, 0.15) is 17.3 Å². The lowest BCUT2D eigenvalue weighted by molar-refractivity contribution is 0.0780. The van der Waals surface area contributed by atoms with Gasteiger partial charge in [-0.3, -0.25) is 4.79 Å². The normalized spacial score (nSPS) is 10.6. The Morgan fingerprint density at radius 3 is 2.61 bits per heavy atom. The molecule has 0 bridgehead atoms. The first kappa shape index (κ1) is 21.1. The summed E-state index contributed by atoms with van der Waals surface area (Å²) in [6, 6.07) is 17.7. The quantitative estimate of drug-likeness (QED) is 0.344. The van der Waals surface area contributed by atoms with Gasteiger partial charge in [-0.15, -0.1) is 11.3 Å². The Hall–Kier alpha value is -3.16. The zero-order valence-corrected chi connectivity index (χ0v) is 18.9. The number of rotatable bonds is 8. The Balaban J connectivity index is 1.41. The summed E-state index contributed by atoms with van der Waals surface area (Å²) in [4.78, 5) is 19.0. The first-order valence-electron chi connectivity index (χ1n) is 9.71. The second-order valence-corrected chi connectivity index (χ2v) is 8.61. The highest BCUT2D eigenvalue weighted by Gasteiger charge is 2.17. The minimum absolute atomic E-state index is 0.110. The first-order chi connectivity index (χ1) is 15.1. The number of carbonyl (C=O) groups is 1. The third-order valence-corrected chi connectivity index (χ3v) is 6.30. The van der Waals surface area contributed by atoms with Crippen molar-refractivity contribution < 1.29 is 14.3 Å². The molecule has 0 aliphatic heterocycles. The zero-order valence-electron chi connectivity index (χ0n) is 17.3. The molecular weight excluding hydrogens is 428 g/mol. The van der Waals surface area contributed by atoms with Crippen molar-refractivity contribution in [3.63, 3.8) is 0 Å². The molecule has 7 heteroatoms. The van der Waals surface area contributed by atoms with Crippen LogP contribution >= 0.6 is 22.7 Å². The average molecular weight is 451 g/mol. The molecule has 5 nitrogen and oxygen atoms in total. The summed E-state index contributed by atoms with van der Waals surface area (Å²) < 4.78 is 11.4. The van der Waals surface area contributed by atoms with Gasteiger partial charge < -0.3 is 14.4 Å². The SMILES string of the molecule is COc1cc(CN(C)C(=O)c2csc(-c3ccsc3)n2)ccc1OCc1ccccc1. The molecule has 1 amide bonds. The fourth-order valence-electron chi connectivity index (χ4n) is 3.10. The molecule has 2 heterocycles. The van der Waals surface area contributed by atoms with Gasteiger partial charge in [-0.1, -0.05) is 36.4 Å². The van der Waals surface area contributed by atoms with E-state index in [-0.39, 0.29) is 5.91 Å². The molecule has 0 radical (unpaired) electrons. The Morgan fingerprint density at radius 1 is 1.03 bits per heavy atom. The Kier molecular flexibility index (Phi) is 6.64. The number of carbonyl (C=O) groups excluding carboxylic acids is 1. The van der Waals surface area contributed by atoms with Crippen LogP contribution in [0.4, 0.5) is 0 Å². The van der Waals surface area contributed by atoms with Crippen LogP contribution in [0.15, 0.2) is 70.7 Å². The van der Waals surface area contributed by atoms with Crippen LogP contribution in [0, 0.1) is 0 Å². The van der Waals surface area contributed by atoms with Gasteiger partial charge in [-0.2, -0.15) is 11.3 Å². The van der Waals surface area contributed by atoms with Gasteiger partial charge in [-0.05, 0) is 34.7 Å². The summed E-state index contributed by atoms with van der Waals surface area (Å²) in [6.45, 7) is 0.907. The van der Waals surface area contributed by atoms with E-state index >= 15 is 0 Å². The van der Waals surface area contributed by atoms with Crippen molar-refractivity contribution in [3.8, 4) is 22.1 Å². The standard InChI is InChI=1S/C24H22N2O3S2/c1-26(24(27)20-16-31-23(25-20)19-10-11-30-15-19)13-18-8-9-21(22(12-18)28-2)29-14-17-6-4-3-5-7-17/h3-12,15-16H,13-14H2,1-2H3. The highest BCUT2D eigenvalue weighted by atomic mass is 32.1. The highest BCUT2D eigenvalue weighted by Crippen LogP contribution is 2.30. The minimum atomic E-state index is -0.110. The maximum atomic E-state index is 12.8. The van der Waals surface area contributed by atoms with Gasteiger partial charge in [0.2, 0.25) is 0 Å². The van der Waals surface area contributed by atoms with Crippen LogP contribution in [-0.4, -0.2) is 29.9 Å². The van der Waals surface area contributed by atoms with Crippen LogP contribution < -0.4 is 9.47 Å². The lowest BCUT2D eigenvalue weighted by atomic mass is 10.2. The number of amides is 1. The van der Waals surface area contributed by atoms with E-state index in [1.54, 1.807) is 30.4 Å². The van der Waals surface area contributed by atoms with E-state index in [2.05, 4.69) is 4.98 Å². The molecule has 4 aromatic rings. The number of aromatic nitrogens is 1. The van der Waals surface area contributed by atoms with E-state index < -0.39 is 0 Å². The topological polar surface area (TPSA) is 51.7 Å². The van der Waals surface area contributed by atoms with Gasteiger partial charge in [-0.25, -0.2) is 4.98 Å². The molecule has 4 rings (SSSR count). The molecule has 0 N–H and O–H groups in total. The second kappa shape index (κ2) is 9.76. The van der Waals surface area contributed by atoms with Crippen LogP contribution in [0.2, 0.25) is 0 Å². The molecule has 158 valence electrons. The van der Waals surface area contributed by atoms with E-state index in [4.69, 9.17) is 9.47 Å². The van der Waals surface area contributed by atoms with E-state index in [0.29, 0.717) is 30.3 Å². The molecule has 2 aromatic heterocycles. The van der Waals surface area contributed by atoms with Crippen LogP contribution in [0.5, 0.6) is 11.5 Å². The third-order valence-electron chi connectivity index (χ3n) is 4.72. The predicted molar refractivity (Wildman–Crippen MR) is 125 cm³/mol. The van der Waals surface area contributed by atoms with E-state index in [1.165, 1.54) is 11.3 Å². The van der Waals surface area contributed by atoms with E-state index in [9.17, 15) is 4.79 Å². The van der Waals surface area contributed by atoms with Crippen molar-refractivity contribution in [1.29, 1.82) is 0 Å². The molecule has 0 unspecified atom stereocenters. The fourth-order valence-corrected chi connectivity index (χ4v) is 4.60. The molecule has 0 aliphatic rings. The van der Waals surface area contributed by atoms with Crippen molar-refractivity contribution in [2.75, 3.05) is 14.2 Å². The molecule has 0 aliphatic carbocycles. The van der Waals surface area contributed by atoms with Crippen LogP contribution in [0.1, 0.15) is 21.6 Å². The first-order valence-corrected chi connectivity index (χ1v) is 11.5. The zero-order chi connectivity index (χ0) is 21.6. The molecular formula is C24H22N2O3S2. The number of methoxy groups -OCH3 is 1. The van der Waals surface area contributed by atoms with Gasteiger partial charge in [0.15, 0.2) is 11.5 Å². The van der Waals surface area contributed by atoms with Gasteiger partial charge in [0.25, 0.3) is 5.91 Å². The lowest BCUT2D eigenvalue weighted by Crippen LogP contribution is -2.26. The summed E-state index contributed by atoms with van der Waals surface area (Å²) >= 11 is 3.10. The number of hydrogen-bond acceptors (Lipinski definition) is 6. The maximum absolute atomic E-state index is 12.8. The minimum Gasteiger partial charge on any atom is -0.493 e. The smallest absolute Gasteiger partial charge is 0.273 e. The Labute approximate surface area is 189 Å². The van der Waals surface area contributed by atoms with Crippen molar-refractivity contribution in [2.24, 2.45) is 0 Å². The Morgan fingerprint density at radius 2 is 1.87 bits per heavy atom. The predicted octanol–water partition coefficient (Wildman–Crippen LogP) is 5.73. The average Bonchev–Trinajstić information content (AvgIpc) is 3.50. The van der Waals surface area contributed by atoms with Crippen LogP contribution in [0.3, 0.4) is 0 Å². The largest absolute Gasteiger partial charge is 0.493 e. The van der Waals surface area contributed by atoms with Gasteiger partial charge in [0.05, 0.1) is 7.11 Å². The summed E-state index contributed by atoms with van der Waals surface area (Å²) in [5, 5.41) is 6.71. The maximum Gasteiger partial charge on any atom is 0.273 e. The third kappa shape index (κ3) is 5.13. The van der Waals surface area contributed by atoms with Crippen molar-refractivity contribution in [2.45, 2.75) is 13.2 Å². The number of ether oxygens (including phenoxy) is 2. The number of thiazole rings is 1. The van der Waals surface area contributed by atoms with E-state index in [0.717, 1.165) is 21.7 Å². The highest BCUT2D eigenvalue weighted by molar-refractivity contribution is 7.14. The van der Waals surface area contributed by atoms with Crippen molar-refractivity contribution in [1.82, 2.24) is 9.88 Å². The fraction of sp³-hybridized carbons (Fsp3) is 0.167. The van der Waals surface area contributed by atoms with Gasteiger partial charge >= 0.3 is 0 Å². The summed E-state index contributed by atoms with van der Waals surface area (Å²) in [5.41, 5.74) is 3.55.